The summed E-state index contributed by atoms with van der Waals surface area (Å²) >= 11 is 1.17. The van der Waals surface area contributed by atoms with Gasteiger partial charge >= 0.3 is 0 Å². The van der Waals surface area contributed by atoms with Crippen LogP contribution < -0.4 is 4.72 Å². The van der Waals surface area contributed by atoms with E-state index in [2.05, 4.69) is 20.9 Å². The molecule has 8 heteroatoms. The number of hydrogen-bond acceptors (Lipinski definition) is 6. The van der Waals surface area contributed by atoms with E-state index in [9.17, 15) is 8.42 Å². The quantitative estimate of drug-likeness (QED) is 0.650. The van der Waals surface area contributed by atoms with Crippen molar-refractivity contribution >= 4 is 27.0 Å². The van der Waals surface area contributed by atoms with Crippen molar-refractivity contribution in [3.8, 4) is 11.4 Å². The van der Waals surface area contributed by atoms with E-state index in [-0.39, 0.29) is 4.21 Å². The molecule has 0 amide bonds. The molecule has 5 rings (SSSR count). The molecule has 0 radical (unpaired) electrons. The SMILES string of the molecule is O=S(=O)(Nc1cccc2c1CCCC2)c1cc(-c2noc(C3CCC3)n2)cs1. The molecular formula is C20H21N3O3S2. The third-order valence-corrected chi connectivity index (χ3v) is 8.44. The molecule has 1 N–H and O–H groups in total. The van der Waals surface area contributed by atoms with E-state index in [1.54, 1.807) is 11.4 Å². The van der Waals surface area contributed by atoms with Gasteiger partial charge in [0.25, 0.3) is 10.0 Å². The summed E-state index contributed by atoms with van der Waals surface area (Å²) < 4.78 is 34.3. The smallest absolute Gasteiger partial charge is 0.271 e. The molecule has 0 unspecified atom stereocenters. The Morgan fingerprint density at radius 2 is 2.00 bits per heavy atom. The number of hydrogen-bond donors (Lipinski definition) is 1. The van der Waals surface area contributed by atoms with Crippen LogP contribution in [0, 0.1) is 0 Å². The molecule has 3 aromatic rings. The van der Waals surface area contributed by atoms with Crippen LogP contribution in [0.3, 0.4) is 0 Å². The molecule has 2 aliphatic rings. The summed E-state index contributed by atoms with van der Waals surface area (Å²) in [4.78, 5) is 4.45. The summed E-state index contributed by atoms with van der Waals surface area (Å²) in [6, 6.07) is 7.48. The lowest BCUT2D eigenvalue weighted by atomic mass is 9.85. The summed E-state index contributed by atoms with van der Waals surface area (Å²) in [6.07, 6.45) is 7.53. The maximum Gasteiger partial charge on any atom is 0.271 e. The van der Waals surface area contributed by atoms with E-state index >= 15 is 0 Å². The molecule has 1 saturated carbocycles. The maximum atomic E-state index is 12.9. The van der Waals surface area contributed by atoms with Gasteiger partial charge in [-0.1, -0.05) is 23.7 Å². The van der Waals surface area contributed by atoms with Crippen LogP contribution in [0.15, 0.2) is 38.4 Å². The number of fused-ring (bicyclic) bond motifs is 1. The molecule has 2 aliphatic carbocycles. The van der Waals surface area contributed by atoms with Crippen molar-refractivity contribution in [2.24, 2.45) is 0 Å². The van der Waals surface area contributed by atoms with E-state index in [0.717, 1.165) is 44.1 Å². The van der Waals surface area contributed by atoms with Gasteiger partial charge in [0.2, 0.25) is 11.7 Å². The molecule has 2 heterocycles. The van der Waals surface area contributed by atoms with E-state index in [1.807, 2.05) is 12.1 Å². The first kappa shape index (κ1) is 17.9. The Kier molecular flexibility index (Phi) is 4.47. The Bertz CT molecular complexity index is 1110. The van der Waals surface area contributed by atoms with Crippen LogP contribution in [0.4, 0.5) is 5.69 Å². The number of nitrogens with zero attached hydrogens (tertiary/aromatic N) is 2. The van der Waals surface area contributed by atoms with Crippen LogP contribution >= 0.6 is 11.3 Å². The van der Waals surface area contributed by atoms with Gasteiger partial charge < -0.3 is 4.52 Å². The Morgan fingerprint density at radius 3 is 2.82 bits per heavy atom. The zero-order chi connectivity index (χ0) is 19.1. The number of rotatable bonds is 5. The number of thiophene rings is 1. The summed E-state index contributed by atoms with van der Waals surface area (Å²) in [5.74, 6) is 1.47. The third-order valence-electron chi connectivity index (χ3n) is 5.63. The standard InChI is InChI=1S/C20H21N3O3S2/c24-28(25,23-17-10-4-6-13-5-1-2-9-16(13)17)18-11-15(12-27-18)19-21-20(26-22-19)14-7-3-8-14/h4,6,10-12,14,23H,1-3,5,7-9H2. The molecule has 1 aromatic carbocycles. The molecule has 0 atom stereocenters. The van der Waals surface area contributed by atoms with Gasteiger partial charge in [-0.05, 0) is 61.8 Å². The molecule has 0 saturated heterocycles. The van der Waals surface area contributed by atoms with Crippen LogP contribution in [-0.4, -0.2) is 18.6 Å². The first-order valence-electron chi connectivity index (χ1n) is 9.66. The fraction of sp³-hybridized carbons (Fsp3) is 0.400. The largest absolute Gasteiger partial charge is 0.339 e. The Labute approximate surface area is 168 Å². The third kappa shape index (κ3) is 3.24. The highest BCUT2D eigenvalue weighted by molar-refractivity contribution is 7.94. The van der Waals surface area contributed by atoms with Crippen LogP contribution in [0.5, 0.6) is 0 Å². The topological polar surface area (TPSA) is 85.1 Å². The van der Waals surface area contributed by atoms with E-state index < -0.39 is 10.0 Å². The second-order valence-corrected chi connectivity index (χ2v) is 10.3. The average Bonchev–Trinajstić information content (AvgIpc) is 3.30. The molecule has 6 nitrogen and oxygen atoms in total. The average molecular weight is 416 g/mol. The molecule has 146 valence electrons. The predicted octanol–water partition coefficient (Wildman–Crippen LogP) is 4.75. The van der Waals surface area contributed by atoms with Gasteiger partial charge in [-0.15, -0.1) is 11.3 Å². The zero-order valence-electron chi connectivity index (χ0n) is 15.3. The molecule has 0 bridgehead atoms. The second-order valence-electron chi connectivity index (χ2n) is 7.49. The number of anilines is 1. The predicted molar refractivity (Wildman–Crippen MR) is 108 cm³/mol. The lowest BCUT2D eigenvalue weighted by molar-refractivity contribution is 0.292. The molecule has 0 aliphatic heterocycles. The van der Waals surface area contributed by atoms with Crippen LogP contribution in [0.25, 0.3) is 11.4 Å². The summed E-state index contributed by atoms with van der Waals surface area (Å²) in [6.45, 7) is 0. The highest BCUT2D eigenvalue weighted by atomic mass is 32.2. The highest BCUT2D eigenvalue weighted by Crippen LogP contribution is 2.37. The summed E-state index contributed by atoms with van der Waals surface area (Å²) in [5.41, 5.74) is 3.74. The highest BCUT2D eigenvalue weighted by Gasteiger charge is 2.27. The Morgan fingerprint density at radius 1 is 1.14 bits per heavy atom. The molecule has 2 aromatic heterocycles. The minimum Gasteiger partial charge on any atom is -0.339 e. The Hall–Kier alpha value is -2.19. The van der Waals surface area contributed by atoms with Gasteiger partial charge in [0, 0.05) is 16.9 Å². The van der Waals surface area contributed by atoms with Gasteiger partial charge in [-0.25, -0.2) is 8.42 Å². The van der Waals surface area contributed by atoms with Gasteiger partial charge in [0.15, 0.2) is 0 Å². The normalized spacial score (nSPS) is 17.1. The second kappa shape index (κ2) is 7.00. The monoisotopic (exact) mass is 415 g/mol. The van der Waals surface area contributed by atoms with Crippen LogP contribution in [-0.2, 0) is 22.9 Å². The van der Waals surface area contributed by atoms with Crippen molar-refractivity contribution in [3.63, 3.8) is 0 Å². The number of sulfonamides is 1. The Balaban J connectivity index is 1.39. The number of nitrogens with one attached hydrogen (secondary N) is 1. The van der Waals surface area contributed by atoms with E-state index in [0.29, 0.717) is 28.9 Å². The van der Waals surface area contributed by atoms with Gasteiger partial charge in [0.1, 0.15) is 4.21 Å². The molecular weight excluding hydrogens is 394 g/mol. The summed E-state index contributed by atoms with van der Waals surface area (Å²) in [7, 11) is -3.65. The fourth-order valence-electron chi connectivity index (χ4n) is 3.82. The first-order valence-corrected chi connectivity index (χ1v) is 12.0. The van der Waals surface area contributed by atoms with E-state index in [1.165, 1.54) is 23.3 Å². The van der Waals surface area contributed by atoms with Gasteiger partial charge in [-0.3, -0.25) is 4.72 Å². The van der Waals surface area contributed by atoms with E-state index in [4.69, 9.17) is 4.52 Å². The zero-order valence-corrected chi connectivity index (χ0v) is 17.0. The van der Waals surface area contributed by atoms with Crippen molar-refractivity contribution in [1.82, 2.24) is 10.1 Å². The number of benzene rings is 1. The number of aromatic nitrogens is 2. The van der Waals surface area contributed by atoms with Crippen LogP contribution in [0.2, 0.25) is 0 Å². The minimum absolute atomic E-state index is 0.255. The van der Waals surface area contributed by atoms with Crippen molar-refractivity contribution in [1.29, 1.82) is 0 Å². The molecule has 0 spiro atoms. The van der Waals surface area contributed by atoms with Gasteiger partial charge in [-0.2, -0.15) is 4.98 Å². The van der Waals surface area contributed by atoms with Crippen molar-refractivity contribution in [2.75, 3.05) is 4.72 Å². The minimum atomic E-state index is -3.65. The first-order chi connectivity index (χ1) is 13.6. The molecule has 1 fully saturated rings. The van der Waals surface area contributed by atoms with Gasteiger partial charge in [0.05, 0.1) is 5.69 Å². The lowest BCUT2D eigenvalue weighted by Gasteiger charge is -2.20. The lowest BCUT2D eigenvalue weighted by Crippen LogP contribution is -2.15. The van der Waals surface area contributed by atoms with Crippen molar-refractivity contribution in [3.05, 3.63) is 46.7 Å². The summed E-state index contributed by atoms with van der Waals surface area (Å²) in [5, 5.41) is 5.80. The van der Waals surface area contributed by atoms with Crippen LogP contribution in [0.1, 0.15) is 55.0 Å². The fourth-order valence-corrected chi connectivity index (χ4v) is 6.07. The molecule has 28 heavy (non-hydrogen) atoms. The maximum absolute atomic E-state index is 12.9. The van der Waals surface area contributed by atoms with Crippen molar-refractivity contribution < 1.29 is 12.9 Å². The number of aryl methyl sites for hydroxylation is 1. The van der Waals surface area contributed by atoms with Crippen molar-refractivity contribution in [2.45, 2.75) is 55.1 Å².